The molecule has 0 saturated heterocycles. The number of amides is 2. The Morgan fingerprint density at radius 2 is 1.96 bits per heavy atom. The smallest absolute Gasteiger partial charge is 0.248 e. The van der Waals surface area contributed by atoms with Crippen molar-refractivity contribution >= 4 is 28.5 Å². The van der Waals surface area contributed by atoms with E-state index >= 15 is 0 Å². The summed E-state index contributed by atoms with van der Waals surface area (Å²) in [4.78, 5) is 28.2. The predicted molar refractivity (Wildman–Crippen MR) is 92.7 cm³/mol. The standard InChI is InChI=1S/C18H18N4O2/c1-2-16-21-14-8-3-4-9-15(14)22(16)11-17(23)20-13-7-5-6-12(10-13)18(19)24/h3-10H,2,11H2,1H3,(H2,19,24)(H,20,23). The summed E-state index contributed by atoms with van der Waals surface area (Å²) in [6, 6.07) is 14.3. The van der Waals surface area contributed by atoms with Crippen LogP contribution < -0.4 is 11.1 Å². The van der Waals surface area contributed by atoms with Crippen LogP contribution in [0, 0.1) is 0 Å². The molecule has 0 aliphatic rings. The Balaban J connectivity index is 1.83. The van der Waals surface area contributed by atoms with Gasteiger partial charge in [-0.3, -0.25) is 9.59 Å². The normalized spacial score (nSPS) is 10.7. The summed E-state index contributed by atoms with van der Waals surface area (Å²) in [7, 11) is 0. The Morgan fingerprint density at radius 1 is 1.17 bits per heavy atom. The van der Waals surface area contributed by atoms with Crippen LogP contribution in [0.4, 0.5) is 5.69 Å². The molecule has 0 aliphatic heterocycles. The number of imidazole rings is 1. The van der Waals surface area contributed by atoms with Gasteiger partial charge in [0, 0.05) is 17.7 Å². The molecule has 2 aromatic carbocycles. The minimum Gasteiger partial charge on any atom is -0.366 e. The van der Waals surface area contributed by atoms with Crippen molar-refractivity contribution in [2.24, 2.45) is 5.73 Å². The van der Waals surface area contributed by atoms with Gasteiger partial charge in [-0.05, 0) is 30.3 Å². The number of carbonyl (C=O) groups is 2. The van der Waals surface area contributed by atoms with Gasteiger partial charge < -0.3 is 15.6 Å². The number of hydrogen-bond donors (Lipinski definition) is 2. The summed E-state index contributed by atoms with van der Waals surface area (Å²) in [5.74, 6) is 0.145. The molecule has 0 radical (unpaired) electrons. The maximum absolute atomic E-state index is 12.4. The number of primary amides is 1. The van der Waals surface area contributed by atoms with Crippen molar-refractivity contribution in [2.45, 2.75) is 19.9 Å². The lowest BCUT2D eigenvalue weighted by Crippen LogP contribution is -2.20. The van der Waals surface area contributed by atoms with E-state index in [2.05, 4.69) is 10.3 Å². The first-order valence-corrected chi connectivity index (χ1v) is 7.72. The number of para-hydroxylation sites is 2. The number of nitrogens with two attached hydrogens (primary N) is 1. The molecule has 3 N–H and O–H groups in total. The van der Waals surface area contributed by atoms with Crippen molar-refractivity contribution in [1.29, 1.82) is 0 Å². The van der Waals surface area contributed by atoms with E-state index in [1.807, 2.05) is 35.8 Å². The summed E-state index contributed by atoms with van der Waals surface area (Å²) < 4.78 is 1.91. The molecule has 2 amide bonds. The van der Waals surface area contributed by atoms with E-state index in [4.69, 9.17) is 5.73 Å². The minimum atomic E-state index is -0.528. The number of anilines is 1. The van der Waals surface area contributed by atoms with Gasteiger partial charge >= 0.3 is 0 Å². The number of fused-ring (bicyclic) bond motifs is 1. The lowest BCUT2D eigenvalue weighted by Gasteiger charge is -2.10. The quantitative estimate of drug-likeness (QED) is 0.755. The first-order valence-electron chi connectivity index (χ1n) is 7.72. The Morgan fingerprint density at radius 3 is 2.71 bits per heavy atom. The fourth-order valence-electron chi connectivity index (χ4n) is 2.67. The van der Waals surface area contributed by atoms with Crippen LogP contribution in [0.3, 0.4) is 0 Å². The number of nitrogens with one attached hydrogen (secondary N) is 1. The lowest BCUT2D eigenvalue weighted by atomic mass is 10.2. The highest BCUT2D eigenvalue weighted by atomic mass is 16.2. The van der Waals surface area contributed by atoms with Crippen molar-refractivity contribution in [3.63, 3.8) is 0 Å². The van der Waals surface area contributed by atoms with Gasteiger partial charge in [0.15, 0.2) is 0 Å². The Labute approximate surface area is 139 Å². The molecule has 0 saturated carbocycles. The van der Waals surface area contributed by atoms with Crippen LogP contribution in [0.25, 0.3) is 11.0 Å². The molecule has 0 unspecified atom stereocenters. The van der Waals surface area contributed by atoms with Crippen molar-refractivity contribution in [3.05, 3.63) is 59.9 Å². The topological polar surface area (TPSA) is 90.0 Å². The molecule has 1 heterocycles. The third kappa shape index (κ3) is 3.12. The highest BCUT2D eigenvalue weighted by Crippen LogP contribution is 2.17. The fourth-order valence-corrected chi connectivity index (χ4v) is 2.67. The zero-order valence-electron chi connectivity index (χ0n) is 13.3. The summed E-state index contributed by atoms with van der Waals surface area (Å²) in [6.07, 6.45) is 0.735. The van der Waals surface area contributed by atoms with Crippen molar-refractivity contribution in [1.82, 2.24) is 9.55 Å². The second-order valence-electron chi connectivity index (χ2n) is 5.45. The molecule has 6 nitrogen and oxygen atoms in total. The molecule has 24 heavy (non-hydrogen) atoms. The molecule has 6 heteroatoms. The third-order valence-corrected chi connectivity index (χ3v) is 3.78. The van der Waals surface area contributed by atoms with Gasteiger partial charge in [0.25, 0.3) is 0 Å². The number of aromatic nitrogens is 2. The monoisotopic (exact) mass is 322 g/mol. The highest BCUT2D eigenvalue weighted by molar-refractivity contribution is 5.96. The van der Waals surface area contributed by atoms with Crippen molar-refractivity contribution in [3.8, 4) is 0 Å². The van der Waals surface area contributed by atoms with Gasteiger partial charge in [0.2, 0.25) is 11.8 Å². The number of benzene rings is 2. The van der Waals surface area contributed by atoms with Gasteiger partial charge in [-0.15, -0.1) is 0 Å². The Hall–Kier alpha value is -3.15. The molecule has 0 fully saturated rings. The first-order chi connectivity index (χ1) is 11.6. The number of carbonyl (C=O) groups excluding carboxylic acids is 2. The van der Waals surface area contributed by atoms with Gasteiger partial charge in [-0.1, -0.05) is 25.1 Å². The van der Waals surface area contributed by atoms with Crippen LogP contribution in [-0.2, 0) is 17.8 Å². The zero-order valence-corrected chi connectivity index (χ0v) is 13.3. The average Bonchev–Trinajstić information content (AvgIpc) is 2.93. The molecule has 0 aliphatic carbocycles. The summed E-state index contributed by atoms with van der Waals surface area (Å²) in [5, 5.41) is 2.80. The highest BCUT2D eigenvalue weighted by Gasteiger charge is 2.12. The summed E-state index contributed by atoms with van der Waals surface area (Å²) in [5.41, 5.74) is 7.96. The summed E-state index contributed by atoms with van der Waals surface area (Å²) in [6.45, 7) is 2.16. The van der Waals surface area contributed by atoms with E-state index in [-0.39, 0.29) is 12.5 Å². The molecule has 0 spiro atoms. The molecule has 0 bridgehead atoms. The van der Waals surface area contributed by atoms with E-state index in [0.29, 0.717) is 11.3 Å². The zero-order chi connectivity index (χ0) is 17.1. The molecular weight excluding hydrogens is 304 g/mol. The van der Waals surface area contributed by atoms with E-state index < -0.39 is 5.91 Å². The van der Waals surface area contributed by atoms with Crippen LogP contribution in [0.5, 0.6) is 0 Å². The second kappa shape index (κ2) is 6.54. The molecule has 0 atom stereocenters. The van der Waals surface area contributed by atoms with Crippen LogP contribution in [0.15, 0.2) is 48.5 Å². The molecule has 3 rings (SSSR count). The van der Waals surface area contributed by atoms with Crippen molar-refractivity contribution in [2.75, 3.05) is 5.32 Å². The first kappa shape index (κ1) is 15.7. The minimum absolute atomic E-state index is 0.157. The van der Waals surface area contributed by atoms with E-state index in [1.54, 1.807) is 24.3 Å². The SMILES string of the molecule is CCc1nc2ccccc2n1CC(=O)Nc1cccc(C(N)=O)c1. The molecular formula is C18H18N4O2. The van der Waals surface area contributed by atoms with E-state index in [9.17, 15) is 9.59 Å². The number of aryl methyl sites for hydroxylation is 1. The summed E-state index contributed by atoms with van der Waals surface area (Å²) >= 11 is 0. The van der Waals surface area contributed by atoms with Crippen LogP contribution in [-0.4, -0.2) is 21.4 Å². The van der Waals surface area contributed by atoms with Gasteiger partial charge in [0.05, 0.1) is 11.0 Å². The van der Waals surface area contributed by atoms with E-state index in [1.165, 1.54) is 0 Å². The average molecular weight is 322 g/mol. The largest absolute Gasteiger partial charge is 0.366 e. The number of hydrogen-bond acceptors (Lipinski definition) is 3. The Kier molecular flexibility index (Phi) is 4.29. The number of rotatable bonds is 5. The fraction of sp³-hybridized carbons (Fsp3) is 0.167. The predicted octanol–water partition coefficient (Wildman–Crippen LogP) is 2.34. The maximum atomic E-state index is 12.4. The molecule has 1 aromatic heterocycles. The number of nitrogens with zero attached hydrogens (tertiary/aromatic N) is 2. The third-order valence-electron chi connectivity index (χ3n) is 3.78. The molecule has 122 valence electrons. The lowest BCUT2D eigenvalue weighted by molar-refractivity contribution is -0.116. The van der Waals surface area contributed by atoms with Gasteiger partial charge in [0.1, 0.15) is 12.4 Å². The van der Waals surface area contributed by atoms with Gasteiger partial charge in [-0.25, -0.2) is 4.98 Å². The second-order valence-corrected chi connectivity index (χ2v) is 5.45. The molecule has 3 aromatic rings. The van der Waals surface area contributed by atoms with Gasteiger partial charge in [-0.2, -0.15) is 0 Å². The maximum Gasteiger partial charge on any atom is 0.248 e. The van der Waals surface area contributed by atoms with Crippen molar-refractivity contribution < 1.29 is 9.59 Å². The van der Waals surface area contributed by atoms with E-state index in [0.717, 1.165) is 23.3 Å². The van der Waals surface area contributed by atoms with Crippen LogP contribution >= 0.6 is 0 Å². The Bertz CT molecular complexity index is 914. The van der Waals surface area contributed by atoms with Crippen LogP contribution in [0.2, 0.25) is 0 Å². The van der Waals surface area contributed by atoms with Crippen LogP contribution in [0.1, 0.15) is 23.1 Å².